The molecule has 1 heterocycles. The third-order valence-electron chi connectivity index (χ3n) is 2.35. The van der Waals surface area contributed by atoms with Crippen LogP contribution >= 0.6 is 0 Å². The maximum absolute atomic E-state index is 12.6. The minimum absolute atomic E-state index is 0.136. The van der Waals surface area contributed by atoms with Crippen LogP contribution in [0.25, 0.3) is 0 Å². The molecule has 16 heavy (non-hydrogen) atoms. The van der Waals surface area contributed by atoms with Gasteiger partial charge in [0.2, 0.25) is 0 Å². The summed E-state index contributed by atoms with van der Waals surface area (Å²) in [7, 11) is 0. The molecule has 1 aromatic heterocycles. The molecule has 0 fully saturated rings. The predicted molar refractivity (Wildman–Crippen MR) is 53.7 cm³/mol. The third-order valence-corrected chi connectivity index (χ3v) is 2.35. The Labute approximate surface area is 92.1 Å². The van der Waals surface area contributed by atoms with E-state index in [1.165, 1.54) is 0 Å². The molecule has 0 bridgehead atoms. The van der Waals surface area contributed by atoms with E-state index in [1.807, 2.05) is 6.92 Å². The van der Waals surface area contributed by atoms with Crippen molar-refractivity contribution in [1.29, 1.82) is 0 Å². The van der Waals surface area contributed by atoms with Crippen molar-refractivity contribution in [3.05, 3.63) is 29.6 Å². The van der Waals surface area contributed by atoms with Crippen LogP contribution in [0, 0.1) is 0 Å². The molecule has 0 aliphatic carbocycles. The predicted octanol–water partition coefficient (Wildman–Crippen LogP) is 3.32. The van der Waals surface area contributed by atoms with Gasteiger partial charge in [0.1, 0.15) is 0 Å². The standard InChI is InChI=1S/C11H14F3NO/c1-2-3-4-10(16)8-7-15-6-5-9(8)11(12,13)14/h5-7,10,16H,2-4H2,1H3. The maximum atomic E-state index is 12.6. The van der Waals surface area contributed by atoms with Gasteiger partial charge in [-0.1, -0.05) is 19.8 Å². The van der Waals surface area contributed by atoms with Crippen LogP contribution in [-0.2, 0) is 6.18 Å². The van der Waals surface area contributed by atoms with Crippen LogP contribution in [-0.4, -0.2) is 10.1 Å². The molecule has 0 saturated carbocycles. The first-order valence-corrected chi connectivity index (χ1v) is 5.16. The Balaban J connectivity index is 2.94. The van der Waals surface area contributed by atoms with Gasteiger partial charge in [-0.05, 0) is 12.5 Å². The summed E-state index contributed by atoms with van der Waals surface area (Å²) in [5, 5.41) is 9.66. The van der Waals surface area contributed by atoms with E-state index < -0.39 is 17.8 Å². The number of nitrogens with zero attached hydrogens (tertiary/aromatic N) is 1. The van der Waals surface area contributed by atoms with Crippen LogP contribution < -0.4 is 0 Å². The summed E-state index contributed by atoms with van der Waals surface area (Å²) in [6.07, 6.45) is -1.52. The highest BCUT2D eigenvalue weighted by atomic mass is 19.4. The zero-order valence-corrected chi connectivity index (χ0v) is 8.96. The van der Waals surface area contributed by atoms with E-state index in [2.05, 4.69) is 4.98 Å². The van der Waals surface area contributed by atoms with E-state index >= 15 is 0 Å². The molecule has 0 amide bonds. The molecule has 0 spiro atoms. The van der Waals surface area contributed by atoms with Crippen molar-refractivity contribution in [1.82, 2.24) is 4.98 Å². The van der Waals surface area contributed by atoms with E-state index in [0.717, 1.165) is 24.9 Å². The molecule has 0 radical (unpaired) electrons. The number of unbranched alkanes of at least 4 members (excludes halogenated alkanes) is 1. The van der Waals surface area contributed by atoms with Gasteiger partial charge in [-0.15, -0.1) is 0 Å². The fourth-order valence-corrected chi connectivity index (χ4v) is 1.48. The van der Waals surface area contributed by atoms with Crippen molar-refractivity contribution in [2.45, 2.75) is 38.5 Å². The van der Waals surface area contributed by atoms with E-state index in [0.29, 0.717) is 12.8 Å². The van der Waals surface area contributed by atoms with Gasteiger partial charge in [0.15, 0.2) is 0 Å². The number of halogens is 3. The lowest BCUT2D eigenvalue weighted by atomic mass is 10.0. The molecule has 1 aromatic rings. The summed E-state index contributed by atoms with van der Waals surface area (Å²) in [6.45, 7) is 1.92. The fraction of sp³-hybridized carbons (Fsp3) is 0.545. The lowest BCUT2D eigenvalue weighted by molar-refractivity contribution is -0.139. The lowest BCUT2D eigenvalue weighted by Gasteiger charge is -2.16. The molecular formula is C11H14F3NO. The highest BCUT2D eigenvalue weighted by Gasteiger charge is 2.34. The second-order valence-corrected chi connectivity index (χ2v) is 3.62. The Morgan fingerprint density at radius 2 is 2.12 bits per heavy atom. The molecule has 2 nitrogen and oxygen atoms in total. The topological polar surface area (TPSA) is 33.1 Å². The number of aliphatic hydroxyl groups excluding tert-OH is 1. The van der Waals surface area contributed by atoms with Crippen molar-refractivity contribution < 1.29 is 18.3 Å². The average molecular weight is 233 g/mol. The number of hydrogen-bond acceptors (Lipinski definition) is 2. The normalized spacial score (nSPS) is 13.8. The van der Waals surface area contributed by atoms with E-state index in [1.54, 1.807) is 0 Å². The number of hydrogen-bond donors (Lipinski definition) is 1. The molecule has 1 rings (SSSR count). The molecular weight excluding hydrogens is 219 g/mol. The Bertz CT molecular complexity index is 338. The summed E-state index contributed by atoms with van der Waals surface area (Å²) < 4.78 is 37.8. The van der Waals surface area contributed by atoms with Gasteiger partial charge in [0, 0.05) is 18.0 Å². The molecule has 5 heteroatoms. The van der Waals surface area contributed by atoms with Crippen molar-refractivity contribution in [2.75, 3.05) is 0 Å². The average Bonchev–Trinajstić information content (AvgIpc) is 2.24. The summed E-state index contributed by atoms with van der Waals surface area (Å²) in [5.41, 5.74) is -0.936. The van der Waals surface area contributed by atoms with Gasteiger partial charge in [-0.2, -0.15) is 13.2 Å². The summed E-state index contributed by atoms with van der Waals surface area (Å²) in [5.74, 6) is 0. The summed E-state index contributed by atoms with van der Waals surface area (Å²) >= 11 is 0. The van der Waals surface area contributed by atoms with Gasteiger partial charge >= 0.3 is 6.18 Å². The second-order valence-electron chi connectivity index (χ2n) is 3.62. The second kappa shape index (κ2) is 5.30. The Morgan fingerprint density at radius 1 is 1.44 bits per heavy atom. The molecule has 90 valence electrons. The zero-order chi connectivity index (χ0) is 12.2. The first-order valence-electron chi connectivity index (χ1n) is 5.16. The minimum Gasteiger partial charge on any atom is -0.388 e. The van der Waals surface area contributed by atoms with Crippen LogP contribution in [0.5, 0.6) is 0 Å². The van der Waals surface area contributed by atoms with Crippen LogP contribution in [0.2, 0.25) is 0 Å². The van der Waals surface area contributed by atoms with E-state index in [-0.39, 0.29) is 5.56 Å². The molecule has 1 unspecified atom stereocenters. The lowest BCUT2D eigenvalue weighted by Crippen LogP contribution is -2.12. The molecule has 1 N–H and O–H groups in total. The Hall–Kier alpha value is -1.10. The number of pyridine rings is 1. The van der Waals surface area contributed by atoms with Crippen molar-refractivity contribution in [3.8, 4) is 0 Å². The highest BCUT2D eigenvalue weighted by Crippen LogP contribution is 2.35. The maximum Gasteiger partial charge on any atom is 0.416 e. The minimum atomic E-state index is -4.44. The van der Waals surface area contributed by atoms with Gasteiger partial charge < -0.3 is 5.11 Å². The molecule has 0 aliphatic rings. The number of alkyl halides is 3. The Kier molecular flexibility index (Phi) is 4.29. The van der Waals surface area contributed by atoms with Crippen LogP contribution in [0.1, 0.15) is 43.4 Å². The SMILES string of the molecule is CCCCC(O)c1cnccc1C(F)(F)F. The van der Waals surface area contributed by atoms with Gasteiger partial charge in [-0.3, -0.25) is 4.98 Å². The third kappa shape index (κ3) is 3.20. The van der Waals surface area contributed by atoms with Gasteiger partial charge in [-0.25, -0.2) is 0 Å². The van der Waals surface area contributed by atoms with E-state index in [4.69, 9.17) is 0 Å². The van der Waals surface area contributed by atoms with E-state index in [9.17, 15) is 18.3 Å². The quantitative estimate of drug-likeness (QED) is 0.865. The number of aliphatic hydroxyl groups is 1. The fourth-order valence-electron chi connectivity index (χ4n) is 1.48. The number of aromatic nitrogens is 1. The zero-order valence-electron chi connectivity index (χ0n) is 8.96. The molecule has 0 saturated heterocycles. The van der Waals surface area contributed by atoms with Crippen LogP contribution in [0.4, 0.5) is 13.2 Å². The van der Waals surface area contributed by atoms with Crippen LogP contribution in [0.15, 0.2) is 18.5 Å². The molecule has 0 aromatic carbocycles. The smallest absolute Gasteiger partial charge is 0.388 e. The first-order chi connectivity index (χ1) is 7.46. The highest BCUT2D eigenvalue weighted by molar-refractivity contribution is 5.28. The van der Waals surface area contributed by atoms with Crippen molar-refractivity contribution in [2.24, 2.45) is 0 Å². The molecule has 0 aliphatic heterocycles. The molecule has 1 atom stereocenters. The summed E-state index contributed by atoms with van der Waals surface area (Å²) in [6, 6.07) is 0.893. The van der Waals surface area contributed by atoms with Gasteiger partial charge in [0.25, 0.3) is 0 Å². The van der Waals surface area contributed by atoms with Crippen molar-refractivity contribution in [3.63, 3.8) is 0 Å². The van der Waals surface area contributed by atoms with Gasteiger partial charge in [0.05, 0.1) is 11.7 Å². The number of rotatable bonds is 4. The monoisotopic (exact) mass is 233 g/mol. The largest absolute Gasteiger partial charge is 0.416 e. The van der Waals surface area contributed by atoms with Crippen molar-refractivity contribution >= 4 is 0 Å². The van der Waals surface area contributed by atoms with Crippen LogP contribution in [0.3, 0.4) is 0 Å². The Morgan fingerprint density at radius 3 is 2.69 bits per heavy atom. The first kappa shape index (κ1) is 13.0. The summed E-state index contributed by atoms with van der Waals surface area (Å²) in [4.78, 5) is 3.63.